The Hall–Kier alpha value is -2.56. The molecule has 3 aromatic rings. The van der Waals surface area contributed by atoms with Gasteiger partial charge in [0.05, 0.1) is 12.6 Å². The fourth-order valence-electron chi connectivity index (χ4n) is 3.87. The topological polar surface area (TPSA) is 53.9 Å². The van der Waals surface area contributed by atoms with Gasteiger partial charge in [-0.25, -0.2) is 0 Å². The first-order chi connectivity index (χ1) is 12.3. The van der Waals surface area contributed by atoms with Crippen LogP contribution in [-0.4, -0.2) is 38.2 Å². The molecule has 1 aliphatic heterocycles. The van der Waals surface area contributed by atoms with E-state index in [9.17, 15) is 4.79 Å². The number of carbonyl (C=O) groups is 1. The van der Waals surface area contributed by atoms with Crippen molar-refractivity contribution in [2.75, 3.05) is 6.54 Å². The fraction of sp³-hybridized carbons (Fsp3) is 0.400. The van der Waals surface area contributed by atoms with Crippen LogP contribution in [0.15, 0.2) is 48.9 Å². The summed E-state index contributed by atoms with van der Waals surface area (Å²) in [6.45, 7) is 1.67. The first-order valence-corrected chi connectivity index (χ1v) is 9.13. The molecule has 2 aromatic heterocycles. The van der Waals surface area contributed by atoms with Crippen molar-refractivity contribution in [3.05, 3.63) is 54.5 Å². The second kappa shape index (κ2) is 7.13. The molecule has 5 nitrogen and oxygen atoms in total. The van der Waals surface area contributed by atoms with Gasteiger partial charge in [0, 0.05) is 42.5 Å². The van der Waals surface area contributed by atoms with Crippen LogP contribution in [0.25, 0.3) is 10.9 Å². The minimum Gasteiger partial charge on any atom is -0.361 e. The molecule has 0 unspecified atom stereocenters. The van der Waals surface area contributed by atoms with Gasteiger partial charge in [-0.2, -0.15) is 5.10 Å². The van der Waals surface area contributed by atoms with Crippen molar-refractivity contribution in [3.63, 3.8) is 0 Å². The number of hydrogen-bond donors (Lipinski definition) is 1. The standard InChI is InChI=1S/C20H24N4O/c25-20(10-9-16-14-21-19-8-2-1-7-18(16)19)24-13-4-3-6-17(24)15-23-12-5-11-22-23/h1-2,5,7-8,11-12,14,17,21H,3-4,6,9-10,13,15H2/t17-/m1/s1. The maximum Gasteiger partial charge on any atom is 0.223 e. The van der Waals surface area contributed by atoms with Crippen molar-refractivity contribution in [2.45, 2.75) is 44.7 Å². The lowest BCUT2D eigenvalue weighted by Crippen LogP contribution is -2.46. The average Bonchev–Trinajstić information content (AvgIpc) is 3.30. The van der Waals surface area contributed by atoms with E-state index in [1.54, 1.807) is 6.20 Å². The molecular formula is C20H24N4O. The number of fused-ring (bicyclic) bond motifs is 1. The quantitative estimate of drug-likeness (QED) is 0.776. The number of nitrogens with zero attached hydrogens (tertiary/aromatic N) is 3. The summed E-state index contributed by atoms with van der Waals surface area (Å²) in [5.41, 5.74) is 2.36. The largest absolute Gasteiger partial charge is 0.361 e. The third-order valence-electron chi connectivity index (χ3n) is 5.19. The molecule has 0 radical (unpaired) electrons. The van der Waals surface area contributed by atoms with Gasteiger partial charge in [0.2, 0.25) is 5.91 Å². The van der Waals surface area contributed by atoms with Crippen molar-refractivity contribution < 1.29 is 4.79 Å². The molecule has 5 heteroatoms. The van der Waals surface area contributed by atoms with Crippen LogP contribution in [0.4, 0.5) is 0 Å². The van der Waals surface area contributed by atoms with E-state index in [4.69, 9.17) is 0 Å². The number of amides is 1. The highest BCUT2D eigenvalue weighted by Crippen LogP contribution is 2.22. The zero-order valence-electron chi connectivity index (χ0n) is 14.4. The Kier molecular flexibility index (Phi) is 4.55. The number of piperidine rings is 1. The Morgan fingerprint density at radius 1 is 1.24 bits per heavy atom. The summed E-state index contributed by atoms with van der Waals surface area (Å²) in [4.78, 5) is 18.2. The lowest BCUT2D eigenvalue weighted by Gasteiger charge is -2.36. The number of hydrogen-bond acceptors (Lipinski definition) is 2. The first-order valence-electron chi connectivity index (χ1n) is 9.13. The predicted molar refractivity (Wildman–Crippen MR) is 98.2 cm³/mol. The van der Waals surface area contributed by atoms with Crippen molar-refractivity contribution in [1.82, 2.24) is 19.7 Å². The van der Waals surface area contributed by atoms with Crippen molar-refractivity contribution >= 4 is 16.8 Å². The molecule has 0 aliphatic carbocycles. The maximum absolute atomic E-state index is 12.9. The Bertz CT molecular complexity index is 836. The van der Waals surface area contributed by atoms with E-state index >= 15 is 0 Å². The van der Waals surface area contributed by atoms with Gasteiger partial charge in [0.1, 0.15) is 0 Å². The molecule has 1 saturated heterocycles. The number of nitrogens with one attached hydrogen (secondary N) is 1. The van der Waals surface area contributed by atoms with Crippen LogP contribution < -0.4 is 0 Å². The number of H-pyrrole nitrogens is 1. The van der Waals surface area contributed by atoms with Crippen LogP contribution in [-0.2, 0) is 17.8 Å². The van der Waals surface area contributed by atoms with Gasteiger partial charge < -0.3 is 9.88 Å². The number of aromatic amines is 1. The number of benzene rings is 1. The summed E-state index contributed by atoms with van der Waals surface area (Å²) in [6, 6.07) is 10.5. The summed E-state index contributed by atoms with van der Waals surface area (Å²) in [6.07, 6.45) is 10.5. The highest BCUT2D eigenvalue weighted by Gasteiger charge is 2.26. The van der Waals surface area contributed by atoms with Crippen molar-refractivity contribution in [2.24, 2.45) is 0 Å². The number of rotatable bonds is 5. The summed E-state index contributed by atoms with van der Waals surface area (Å²) < 4.78 is 1.94. The minimum absolute atomic E-state index is 0.266. The summed E-state index contributed by atoms with van der Waals surface area (Å²) in [5.74, 6) is 0.266. The second-order valence-corrected chi connectivity index (χ2v) is 6.82. The van der Waals surface area contributed by atoms with Crippen molar-refractivity contribution in [1.29, 1.82) is 0 Å². The summed E-state index contributed by atoms with van der Waals surface area (Å²) in [7, 11) is 0. The van der Waals surface area contributed by atoms with Crippen LogP contribution in [0, 0.1) is 0 Å². The minimum atomic E-state index is 0.266. The molecule has 1 fully saturated rings. The summed E-state index contributed by atoms with van der Waals surface area (Å²) in [5, 5.41) is 5.52. The van der Waals surface area contributed by atoms with Crippen LogP contribution in [0.3, 0.4) is 0 Å². The number of para-hydroxylation sites is 1. The van der Waals surface area contributed by atoms with E-state index < -0.39 is 0 Å². The fourth-order valence-corrected chi connectivity index (χ4v) is 3.87. The highest BCUT2D eigenvalue weighted by atomic mass is 16.2. The third-order valence-corrected chi connectivity index (χ3v) is 5.19. The Morgan fingerprint density at radius 2 is 2.16 bits per heavy atom. The zero-order chi connectivity index (χ0) is 17.1. The Labute approximate surface area is 147 Å². The van der Waals surface area contributed by atoms with Crippen LogP contribution >= 0.6 is 0 Å². The molecule has 1 aromatic carbocycles. The average molecular weight is 336 g/mol. The van der Waals surface area contributed by atoms with Crippen LogP contribution in [0.2, 0.25) is 0 Å². The van der Waals surface area contributed by atoms with Gasteiger partial charge in [-0.1, -0.05) is 18.2 Å². The molecule has 1 amide bonds. The maximum atomic E-state index is 12.9. The molecule has 1 N–H and O–H groups in total. The van der Waals surface area contributed by atoms with E-state index in [1.807, 2.05) is 35.3 Å². The predicted octanol–water partition coefficient (Wildman–Crippen LogP) is 3.38. The van der Waals surface area contributed by atoms with E-state index in [-0.39, 0.29) is 11.9 Å². The van der Waals surface area contributed by atoms with Gasteiger partial charge >= 0.3 is 0 Å². The van der Waals surface area contributed by atoms with E-state index in [1.165, 1.54) is 17.4 Å². The van der Waals surface area contributed by atoms with Gasteiger partial charge in [-0.05, 0) is 43.4 Å². The normalized spacial score (nSPS) is 17.9. The second-order valence-electron chi connectivity index (χ2n) is 6.82. The molecule has 0 spiro atoms. The SMILES string of the molecule is O=C(CCc1c[nH]c2ccccc12)N1CCCC[C@@H]1Cn1cccn1. The molecular weight excluding hydrogens is 312 g/mol. The molecule has 0 bridgehead atoms. The van der Waals surface area contributed by atoms with E-state index in [2.05, 4.69) is 27.1 Å². The van der Waals surface area contributed by atoms with Crippen LogP contribution in [0.5, 0.6) is 0 Å². The molecule has 130 valence electrons. The highest BCUT2D eigenvalue weighted by molar-refractivity contribution is 5.84. The van der Waals surface area contributed by atoms with Gasteiger partial charge in [-0.3, -0.25) is 9.48 Å². The van der Waals surface area contributed by atoms with Gasteiger partial charge in [-0.15, -0.1) is 0 Å². The lowest BCUT2D eigenvalue weighted by molar-refractivity contribution is -0.135. The first kappa shape index (κ1) is 15.9. The van der Waals surface area contributed by atoms with Crippen molar-refractivity contribution in [3.8, 4) is 0 Å². The molecule has 1 aliphatic rings. The monoisotopic (exact) mass is 336 g/mol. The summed E-state index contributed by atoms with van der Waals surface area (Å²) >= 11 is 0. The molecule has 0 saturated carbocycles. The number of aromatic nitrogens is 3. The number of carbonyl (C=O) groups excluding carboxylic acids is 1. The van der Waals surface area contributed by atoms with Gasteiger partial charge in [0.25, 0.3) is 0 Å². The molecule has 1 atom stereocenters. The zero-order valence-corrected chi connectivity index (χ0v) is 14.4. The molecule has 4 rings (SSSR count). The molecule has 25 heavy (non-hydrogen) atoms. The van der Waals surface area contributed by atoms with Gasteiger partial charge in [0.15, 0.2) is 0 Å². The van der Waals surface area contributed by atoms with Crippen LogP contribution in [0.1, 0.15) is 31.2 Å². The number of likely N-dealkylation sites (tertiary alicyclic amines) is 1. The number of aryl methyl sites for hydroxylation is 1. The lowest BCUT2D eigenvalue weighted by atomic mass is 10.0. The molecule has 3 heterocycles. The Balaban J connectivity index is 1.42. The third kappa shape index (κ3) is 3.45. The Morgan fingerprint density at radius 3 is 3.04 bits per heavy atom. The smallest absolute Gasteiger partial charge is 0.223 e. The van der Waals surface area contributed by atoms with E-state index in [0.29, 0.717) is 6.42 Å². The van der Waals surface area contributed by atoms with E-state index in [0.717, 1.165) is 37.9 Å².